The monoisotopic (exact) mass is 266 g/mol. The van der Waals surface area contributed by atoms with Gasteiger partial charge in [0.15, 0.2) is 0 Å². The number of hydrogen-bond donors (Lipinski definition) is 2. The molecule has 18 heavy (non-hydrogen) atoms. The van der Waals surface area contributed by atoms with Gasteiger partial charge in [0, 0.05) is 17.5 Å². The van der Waals surface area contributed by atoms with Crippen molar-refractivity contribution in [3.63, 3.8) is 0 Å². The molecular formula is C14H19ClN2O. The summed E-state index contributed by atoms with van der Waals surface area (Å²) in [5, 5.41) is 3.87. The van der Waals surface area contributed by atoms with Crippen molar-refractivity contribution >= 4 is 17.5 Å². The number of hydrogen-bond acceptors (Lipinski definition) is 2. The summed E-state index contributed by atoms with van der Waals surface area (Å²) >= 11 is 6.14. The Morgan fingerprint density at radius 2 is 2.39 bits per heavy atom. The molecule has 2 rings (SSSR count). The zero-order valence-corrected chi connectivity index (χ0v) is 11.3. The van der Waals surface area contributed by atoms with E-state index in [-0.39, 0.29) is 18.0 Å². The first kappa shape index (κ1) is 13.4. The van der Waals surface area contributed by atoms with Crippen LogP contribution in [0.25, 0.3) is 0 Å². The summed E-state index contributed by atoms with van der Waals surface area (Å²) in [6, 6.07) is 6.07. The fourth-order valence-electron chi connectivity index (χ4n) is 2.38. The first-order valence-electron chi connectivity index (χ1n) is 6.40. The van der Waals surface area contributed by atoms with Gasteiger partial charge in [0.25, 0.3) is 0 Å². The minimum absolute atomic E-state index is 0.0704. The molecule has 0 heterocycles. The molecule has 0 radical (unpaired) electrons. The second-order valence-corrected chi connectivity index (χ2v) is 5.39. The number of nitrogens with two attached hydrogens (primary N) is 1. The Labute approximate surface area is 113 Å². The molecule has 0 saturated carbocycles. The van der Waals surface area contributed by atoms with Crippen molar-refractivity contribution in [1.29, 1.82) is 0 Å². The van der Waals surface area contributed by atoms with E-state index in [1.807, 2.05) is 25.1 Å². The summed E-state index contributed by atoms with van der Waals surface area (Å²) in [7, 11) is 0. The van der Waals surface area contributed by atoms with Crippen LogP contribution in [0.4, 0.5) is 0 Å². The number of carbonyl (C=O) groups excluding carboxylic acids is 1. The average Bonchev–Trinajstić information content (AvgIpc) is 2.72. The zero-order valence-electron chi connectivity index (χ0n) is 10.6. The molecule has 2 unspecified atom stereocenters. The predicted octanol–water partition coefficient (Wildman–Crippen LogP) is 2.57. The van der Waals surface area contributed by atoms with E-state index in [0.29, 0.717) is 6.42 Å². The number of carbonyl (C=O) groups is 1. The number of benzene rings is 1. The van der Waals surface area contributed by atoms with Crippen LogP contribution in [0.1, 0.15) is 43.4 Å². The van der Waals surface area contributed by atoms with Gasteiger partial charge in [-0.1, -0.05) is 23.7 Å². The molecule has 1 aromatic carbocycles. The van der Waals surface area contributed by atoms with Crippen molar-refractivity contribution in [2.45, 2.75) is 44.7 Å². The van der Waals surface area contributed by atoms with E-state index in [0.717, 1.165) is 29.8 Å². The highest BCUT2D eigenvalue weighted by molar-refractivity contribution is 6.31. The van der Waals surface area contributed by atoms with Gasteiger partial charge in [-0.05, 0) is 43.4 Å². The molecule has 98 valence electrons. The number of nitrogens with one attached hydrogen (secondary N) is 1. The molecule has 1 aromatic rings. The first-order valence-corrected chi connectivity index (χ1v) is 6.78. The summed E-state index contributed by atoms with van der Waals surface area (Å²) < 4.78 is 0. The highest BCUT2D eigenvalue weighted by atomic mass is 35.5. The Morgan fingerprint density at radius 3 is 3.11 bits per heavy atom. The minimum atomic E-state index is 0.0704. The Balaban J connectivity index is 1.97. The molecule has 0 bridgehead atoms. The summed E-state index contributed by atoms with van der Waals surface area (Å²) in [5.74, 6) is 0.0742. The average molecular weight is 267 g/mol. The molecule has 0 aromatic heterocycles. The number of rotatable bonds is 4. The van der Waals surface area contributed by atoms with Crippen LogP contribution >= 0.6 is 11.6 Å². The number of fused-ring (bicyclic) bond motifs is 1. The topological polar surface area (TPSA) is 55.1 Å². The first-order chi connectivity index (χ1) is 8.58. The van der Waals surface area contributed by atoms with Gasteiger partial charge in [0.05, 0.1) is 6.04 Å². The largest absolute Gasteiger partial charge is 0.349 e. The Kier molecular flexibility index (Phi) is 4.25. The molecule has 4 heteroatoms. The summed E-state index contributed by atoms with van der Waals surface area (Å²) in [6.07, 6.45) is 3.08. The maximum Gasteiger partial charge on any atom is 0.220 e. The second kappa shape index (κ2) is 5.72. The molecule has 3 nitrogen and oxygen atoms in total. The number of amides is 1. The van der Waals surface area contributed by atoms with Crippen LogP contribution in [-0.2, 0) is 11.2 Å². The van der Waals surface area contributed by atoms with Gasteiger partial charge < -0.3 is 11.1 Å². The lowest BCUT2D eigenvalue weighted by Gasteiger charge is -2.14. The van der Waals surface area contributed by atoms with Crippen molar-refractivity contribution in [3.8, 4) is 0 Å². The van der Waals surface area contributed by atoms with Gasteiger partial charge in [0.2, 0.25) is 5.91 Å². The normalized spacial score (nSPS) is 19.4. The van der Waals surface area contributed by atoms with Gasteiger partial charge in [-0.25, -0.2) is 0 Å². The molecule has 2 atom stereocenters. The summed E-state index contributed by atoms with van der Waals surface area (Å²) in [4.78, 5) is 11.8. The van der Waals surface area contributed by atoms with E-state index in [1.165, 1.54) is 5.56 Å². The van der Waals surface area contributed by atoms with Crippen LogP contribution < -0.4 is 11.1 Å². The van der Waals surface area contributed by atoms with Crippen LogP contribution in [0.3, 0.4) is 0 Å². The van der Waals surface area contributed by atoms with Crippen molar-refractivity contribution in [1.82, 2.24) is 5.32 Å². The molecule has 0 spiro atoms. The standard InChI is InChI=1S/C14H19ClN2O/c1-9(16)5-8-14(18)17-13-7-6-10-11(13)3-2-4-12(10)15/h2-4,9,13H,5-8,16H2,1H3,(H,17,18). The quantitative estimate of drug-likeness (QED) is 0.880. The van der Waals surface area contributed by atoms with Crippen molar-refractivity contribution in [2.75, 3.05) is 0 Å². The molecule has 3 N–H and O–H groups in total. The van der Waals surface area contributed by atoms with Crippen molar-refractivity contribution < 1.29 is 4.79 Å². The van der Waals surface area contributed by atoms with E-state index in [1.54, 1.807) is 0 Å². The minimum Gasteiger partial charge on any atom is -0.349 e. The Hall–Kier alpha value is -1.06. The van der Waals surface area contributed by atoms with Crippen LogP contribution in [0, 0.1) is 0 Å². The lowest BCUT2D eigenvalue weighted by Crippen LogP contribution is -2.28. The molecular weight excluding hydrogens is 248 g/mol. The van der Waals surface area contributed by atoms with Gasteiger partial charge in [-0.3, -0.25) is 4.79 Å². The van der Waals surface area contributed by atoms with Gasteiger partial charge in [-0.15, -0.1) is 0 Å². The van der Waals surface area contributed by atoms with E-state index in [2.05, 4.69) is 5.32 Å². The molecule has 1 aliphatic rings. The third kappa shape index (κ3) is 3.03. The van der Waals surface area contributed by atoms with Gasteiger partial charge in [-0.2, -0.15) is 0 Å². The fraction of sp³-hybridized carbons (Fsp3) is 0.500. The lowest BCUT2D eigenvalue weighted by molar-refractivity contribution is -0.122. The fourth-order valence-corrected chi connectivity index (χ4v) is 2.66. The zero-order chi connectivity index (χ0) is 13.1. The van der Waals surface area contributed by atoms with Crippen LogP contribution in [0.15, 0.2) is 18.2 Å². The van der Waals surface area contributed by atoms with Crippen molar-refractivity contribution in [2.24, 2.45) is 5.73 Å². The molecule has 1 amide bonds. The Bertz CT molecular complexity index is 445. The molecule has 0 saturated heterocycles. The van der Waals surface area contributed by atoms with Crippen LogP contribution in [-0.4, -0.2) is 11.9 Å². The smallest absolute Gasteiger partial charge is 0.220 e. The molecule has 1 aliphatic carbocycles. The van der Waals surface area contributed by atoms with E-state index in [9.17, 15) is 4.79 Å². The molecule has 0 fully saturated rings. The third-order valence-electron chi connectivity index (χ3n) is 3.38. The highest BCUT2D eigenvalue weighted by Crippen LogP contribution is 2.35. The van der Waals surface area contributed by atoms with Crippen LogP contribution in [0.2, 0.25) is 5.02 Å². The summed E-state index contributed by atoms with van der Waals surface area (Å²) in [5.41, 5.74) is 7.99. The number of halogens is 1. The second-order valence-electron chi connectivity index (χ2n) is 4.98. The lowest BCUT2D eigenvalue weighted by atomic mass is 10.1. The summed E-state index contributed by atoms with van der Waals surface area (Å²) in [6.45, 7) is 1.91. The van der Waals surface area contributed by atoms with E-state index >= 15 is 0 Å². The molecule has 0 aliphatic heterocycles. The van der Waals surface area contributed by atoms with E-state index in [4.69, 9.17) is 17.3 Å². The van der Waals surface area contributed by atoms with E-state index < -0.39 is 0 Å². The SMILES string of the molecule is CC(N)CCC(=O)NC1CCc2c(Cl)cccc21. The van der Waals surface area contributed by atoms with Gasteiger partial charge in [0.1, 0.15) is 0 Å². The Morgan fingerprint density at radius 1 is 1.61 bits per heavy atom. The van der Waals surface area contributed by atoms with Crippen LogP contribution in [0.5, 0.6) is 0 Å². The predicted molar refractivity (Wildman–Crippen MR) is 73.5 cm³/mol. The maximum atomic E-state index is 11.8. The third-order valence-corrected chi connectivity index (χ3v) is 3.73. The van der Waals surface area contributed by atoms with Gasteiger partial charge >= 0.3 is 0 Å². The maximum absolute atomic E-state index is 11.8. The highest BCUT2D eigenvalue weighted by Gasteiger charge is 2.25. The van der Waals surface area contributed by atoms with Crippen molar-refractivity contribution in [3.05, 3.63) is 34.3 Å².